The van der Waals surface area contributed by atoms with Crippen LogP contribution in [0.3, 0.4) is 0 Å². The van der Waals surface area contributed by atoms with Crippen LogP contribution >= 0.6 is 0 Å². The monoisotopic (exact) mass is 234 g/mol. The quantitative estimate of drug-likeness (QED) is 0.748. The second-order valence-corrected chi connectivity index (χ2v) is 3.88. The molecule has 0 unspecified atom stereocenters. The molecule has 4 nitrogen and oxygen atoms in total. The van der Waals surface area contributed by atoms with Gasteiger partial charge in [-0.15, -0.1) is 0 Å². The number of anilines is 1. The Kier molecular flexibility index (Phi) is 4.38. The highest BCUT2D eigenvalue weighted by molar-refractivity contribution is 5.74. The Labute approximate surface area is 101 Å². The molecule has 0 aliphatic carbocycles. The van der Waals surface area contributed by atoms with E-state index in [-0.39, 0.29) is 0 Å². The maximum absolute atomic E-state index is 5.52. The van der Waals surface area contributed by atoms with Gasteiger partial charge in [0.25, 0.3) is 6.01 Å². The van der Waals surface area contributed by atoms with Gasteiger partial charge in [0, 0.05) is 13.2 Å². The molecule has 0 aliphatic heterocycles. The van der Waals surface area contributed by atoms with Gasteiger partial charge in [0.15, 0.2) is 5.58 Å². The summed E-state index contributed by atoms with van der Waals surface area (Å²) >= 11 is 0. The Balaban J connectivity index is 1.75. The highest BCUT2D eigenvalue weighted by Crippen LogP contribution is 2.17. The van der Waals surface area contributed by atoms with Crippen molar-refractivity contribution in [2.45, 2.75) is 19.8 Å². The summed E-state index contributed by atoms with van der Waals surface area (Å²) in [5.74, 6) is 0. The topological polar surface area (TPSA) is 47.3 Å². The summed E-state index contributed by atoms with van der Waals surface area (Å²) in [5, 5.41) is 3.11. The Hall–Kier alpha value is -1.55. The van der Waals surface area contributed by atoms with Gasteiger partial charge in [-0.25, -0.2) is 0 Å². The maximum Gasteiger partial charge on any atom is 0.295 e. The Bertz CT molecular complexity index is 420. The first kappa shape index (κ1) is 11.9. The zero-order chi connectivity index (χ0) is 11.9. The normalized spacial score (nSPS) is 10.9. The third kappa shape index (κ3) is 3.46. The molecule has 0 amide bonds. The van der Waals surface area contributed by atoms with Gasteiger partial charge in [0.05, 0.1) is 6.61 Å². The van der Waals surface area contributed by atoms with Crippen LogP contribution in [0.1, 0.15) is 19.8 Å². The van der Waals surface area contributed by atoms with Crippen LogP contribution in [0.15, 0.2) is 28.7 Å². The van der Waals surface area contributed by atoms with Crippen molar-refractivity contribution >= 4 is 17.1 Å². The Morgan fingerprint density at radius 1 is 1.29 bits per heavy atom. The van der Waals surface area contributed by atoms with Crippen molar-refractivity contribution < 1.29 is 9.15 Å². The van der Waals surface area contributed by atoms with Gasteiger partial charge in [-0.1, -0.05) is 25.5 Å². The molecular formula is C13H18N2O2. The molecule has 1 N–H and O–H groups in total. The van der Waals surface area contributed by atoms with Gasteiger partial charge in [-0.2, -0.15) is 4.98 Å². The number of ether oxygens (including phenoxy) is 1. The second kappa shape index (κ2) is 6.25. The average Bonchev–Trinajstić information content (AvgIpc) is 2.76. The summed E-state index contributed by atoms with van der Waals surface area (Å²) in [5.41, 5.74) is 1.68. The van der Waals surface area contributed by atoms with Crippen molar-refractivity contribution in [2.75, 3.05) is 25.1 Å². The lowest BCUT2D eigenvalue weighted by atomic mass is 10.3. The lowest BCUT2D eigenvalue weighted by Gasteiger charge is -2.03. The van der Waals surface area contributed by atoms with E-state index < -0.39 is 0 Å². The zero-order valence-corrected chi connectivity index (χ0v) is 10.1. The van der Waals surface area contributed by atoms with Gasteiger partial charge in [0.2, 0.25) is 0 Å². The van der Waals surface area contributed by atoms with E-state index in [1.54, 1.807) is 0 Å². The third-order valence-electron chi connectivity index (χ3n) is 2.46. The van der Waals surface area contributed by atoms with Crippen LogP contribution in [0.5, 0.6) is 0 Å². The minimum atomic E-state index is 0.560. The van der Waals surface area contributed by atoms with Gasteiger partial charge in [-0.05, 0) is 18.6 Å². The smallest absolute Gasteiger partial charge is 0.295 e. The van der Waals surface area contributed by atoms with Crippen molar-refractivity contribution in [3.8, 4) is 0 Å². The van der Waals surface area contributed by atoms with Crippen molar-refractivity contribution in [2.24, 2.45) is 0 Å². The summed E-state index contributed by atoms with van der Waals surface area (Å²) < 4.78 is 11.0. The molecule has 92 valence electrons. The molecule has 1 heterocycles. The van der Waals surface area contributed by atoms with Crippen molar-refractivity contribution in [3.63, 3.8) is 0 Å². The van der Waals surface area contributed by atoms with E-state index in [1.165, 1.54) is 6.42 Å². The summed E-state index contributed by atoms with van der Waals surface area (Å²) in [6.45, 7) is 4.38. The molecule has 1 aromatic carbocycles. The molecule has 0 aliphatic rings. The van der Waals surface area contributed by atoms with Gasteiger partial charge in [0.1, 0.15) is 5.52 Å². The van der Waals surface area contributed by atoms with Crippen LogP contribution in [0, 0.1) is 0 Å². The number of rotatable bonds is 7. The summed E-state index contributed by atoms with van der Waals surface area (Å²) in [6.07, 6.45) is 2.28. The number of unbranched alkanes of at least 4 members (excludes halogenated alkanes) is 1. The van der Waals surface area contributed by atoms with Crippen LogP contribution in [-0.2, 0) is 4.74 Å². The molecular weight excluding hydrogens is 216 g/mol. The molecule has 4 heteroatoms. The highest BCUT2D eigenvalue weighted by Gasteiger charge is 2.02. The second-order valence-electron chi connectivity index (χ2n) is 3.88. The molecule has 0 saturated heterocycles. The number of oxazole rings is 1. The number of nitrogens with one attached hydrogen (secondary N) is 1. The molecule has 2 rings (SSSR count). The number of nitrogens with zero attached hydrogens (tertiary/aromatic N) is 1. The van der Waals surface area contributed by atoms with E-state index in [9.17, 15) is 0 Å². The molecule has 0 atom stereocenters. The lowest BCUT2D eigenvalue weighted by Crippen LogP contribution is -2.10. The van der Waals surface area contributed by atoms with Crippen molar-refractivity contribution in [1.82, 2.24) is 4.98 Å². The molecule has 0 spiro atoms. The number of fused-ring (bicyclic) bond motifs is 1. The van der Waals surface area contributed by atoms with Crippen LogP contribution in [0.2, 0.25) is 0 Å². The molecule has 0 saturated carbocycles. The molecule has 1 aromatic heterocycles. The minimum absolute atomic E-state index is 0.560. The summed E-state index contributed by atoms with van der Waals surface area (Å²) in [7, 11) is 0. The standard InChI is InChI=1S/C13H18N2O2/c1-2-3-9-16-10-8-14-13-15-11-6-4-5-7-12(11)17-13/h4-7H,2-3,8-10H2,1H3,(H,14,15). The Morgan fingerprint density at radius 3 is 3.00 bits per heavy atom. The van der Waals surface area contributed by atoms with Crippen molar-refractivity contribution in [3.05, 3.63) is 24.3 Å². The Morgan fingerprint density at radius 2 is 2.18 bits per heavy atom. The fourth-order valence-corrected chi connectivity index (χ4v) is 1.53. The predicted octanol–water partition coefficient (Wildman–Crippen LogP) is 3.06. The van der Waals surface area contributed by atoms with E-state index >= 15 is 0 Å². The molecule has 2 aromatic rings. The SMILES string of the molecule is CCCCOCCNc1nc2ccccc2o1. The van der Waals surface area contributed by atoms with Crippen LogP contribution in [-0.4, -0.2) is 24.7 Å². The van der Waals surface area contributed by atoms with Crippen LogP contribution in [0.4, 0.5) is 6.01 Å². The first-order valence-electron chi connectivity index (χ1n) is 6.07. The summed E-state index contributed by atoms with van der Waals surface area (Å²) in [4.78, 5) is 4.31. The van der Waals surface area contributed by atoms with E-state index in [1.807, 2.05) is 24.3 Å². The molecule has 17 heavy (non-hydrogen) atoms. The van der Waals surface area contributed by atoms with E-state index in [4.69, 9.17) is 9.15 Å². The third-order valence-corrected chi connectivity index (χ3v) is 2.46. The fourth-order valence-electron chi connectivity index (χ4n) is 1.53. The largest absolute Gasteiger partial charge is 0.424 e. The highest BCUT2D eigenvalue weighted by atomic mass is 16.5. The first-order chi connectivity index (χ1) is 8.40. The predicted molar refractivity (Wildman–Crippen MR) is 68.2 cm³/mol. The van der Waals surface area contributed by atoms with Crippen LogP contribution < -0.4 is 5.32 Å². The number of aromatic nitrogens is 1. The first-order valence-corrected chi connectivity index (χ1v) is 6.07. The lowest BCUT2D eigenvalue weighted by molar-refractivity contribution is 0.140. The summed E-state index contributed by atoms with van der Waals surface area (Å²) in [6, 6.07) is 8.28. The van der Waals surface area contributed by atoms with Gasteiger partial charge < -0.3 is 14.5 Å². The van der Waals surface area contributed by atoms with Crippen molar-refractivity contribution in [1.29, 1.82) is 0 Å². The number of benzene rings is 1. The fraction of sp³-hybridized carbons (Fsp3) is 0.462. The van der Waals surface area contributed by atoms with E-state index in [2.05, 4.69) is 17.2 Å². The minimum Gasteiger partial charge on any atom is -0.424 e. The molecule has 0 radical (unpaired) electrons. The maximum atomic E-state index is 5.52. The average molecular weight is 234 g/mol. The van der Waals surface area contributed by atoms with E-state index in [0.29, 0.717) is 12.6 Å². The van der Waals surface area contributed by atoms with Crippen LogP contribution in [0.25, 0.3) is 11.1 Å². The molecule has 0 fully saturated rings. The zero-order valence-electron chi connectivity index (χ0n) is 10.1. The molecule has 0 bridgehead atoms. The number of para-hydroxylation sites is 2. The van der Waals surface area contributed by atoms with Gasteiger partial charge >= 0.3 is 0 Å². The van der Waals surface area contributed by atoms with E-state index in [0.717, 1.165) is 30.7 Å². The number of hydrogen-bond acceptors (Lipinski definition) is 4. The van der Waals surface area contributed by atoms with Gasteiger partial charge in [-0.3, -0.25) is 0 Å². The number of hydrogen-bond donors (Lipinski definition) is 1.